The van der Waals surface area contributed by atoms with E-state index in [4.69, 9.17) is 14.6 Å². The van der Waals surface area contributed by atoms with Gasteiger partial charge in [0.1, 0.15) is 11.5 Å². The summed E-state index contributed by atoms with van der Waals surface area (Å²) in [6.45, 7) is 3.07. The molecule has 0 radical (unpaired) electrons. The second-order valence-corrected chi connectivity index (χ2v) is 4.70. The fourth-order valence-electron chi connectivity index (χ4n) is 1.63. The highest BCUT2D eigenvalue weighted by molar-refractivity contribution is 5.75. The van der Waals surface area contributed by atoms with E-state index in [-0.39, 0.29) is 18.4 Å². The number of nitrogens with one attached hydrogen (secondary N) is 1. The Hall–Kier alpha value is -1.75. The van der Waals surface area contributed by atoms with Crippen molar-refractivity contribution in [3.8, 4) is 11.5 Å². The van der Waals surface area contributed by atoms with Gasteiger partial charge in [-0.2, -0.15) is 0 Å². The number of amides is 1. The summed E-state index contributed by atoms with van der Waals surface area (Å²) in [4.78, 5) is 11.6. The van der Waals surface area contributed by atoms with E-state index >= 15 is 0 Å². The van der Waals surface area contributed by atoms with Crippen molar-refractivity contribution in [2.45, 2.75) is 19.8 Å². The Morgan fingerprint density at radius 1 is 1.30 bits per heavy atom. The molecule has 0 saturated carbocycles. The zero-order valence-electron chi connectivity index (χ0n) is 12.1. The highest BCUT2D eigenvalue weighted by Crippen LogP contribution is 2.16. The summed E-state index contributed by atoms with van der Waals surface area (Å²) in [5.74, 6) is 1.73. The maximum atomic E-state index is 11.6. The van der Waals surface area contributed by atoms with Crippen LogP contribution in [0.15, 0.2) is 24.3 Å². The van der Waals surface area contributed by atoms with Gasteiger partial charge in [-0.05, 0) is 36.6 Å². The van der Waals surface area contributed by atoms with Gasteiger partial charge in [0, 0.05) is 13.2 Å². The fourth-order valence-corrected chi connectivity index (χ4v) is 1.63. The molecule has 5 heteroatoms. The lowest BCUT2D eigenvalue weighted by atomic mass is 10.1. The summed E-state index contributed by atoms with van der Waals surface area (Å²) in [5.41, 5.74) is 0. The summed E-state index contributed by atoms with van der Waals surface area (Å²) in [5, 5.41) is 11.6. The summed E-state index contributed by atoms with van der Waals surface area (Å²) in [6.07, 6.45) is 1.01. The molecule has 0 heterocycles. The average Bonchev–Trinajstić information content (AvgIpc) is 2.46. The Bertz CT molecular complexity index is 391. The summed E-state index contributed by atoms with van der Waals surface area (Å²) >= 11 is 0. The van der Waals surface area contributed by atoms with Gasteiger partial charge in [-0.25, -0.2) is 0 Å². The Labute approximate surface area is 119 Å². The van der Waals surface area contributed by atoms with Gasteiger partial charge < -0.3 is 19.9 Å². The smallest absolute Gasteiger partial charge is 0.223 e. The van der Waals surface area contributed by atoms with E-state index in [0.29, 0.717) is 31.7 Å². The maximum Gasteiger partial charge on any atom is 0.223 e. The molecule has 1 amide bonds. The van der Waals surface area contributed by atoms with E-state index in [0.717, 1.165) is 5.75 Å². The number of hydrogen-bond donors (Lipinski definition) is 2. The van der Waals surface area contributed by atoms with Crippen molar-refractivity contribution in [1.29, 1.82) is 0 Å². The molecular formula is C15H23NO4. The minimum Gasteiger partial charge on any atom is -0.497 e. The minimum atomic E-state index is -0.0386. The lowest BCUT2D eigenvalue weighted by Crippen LogP contribution is -2.29. The van der Waals surface area contributed by atoms with Gasteiger partial charge in [0.15, 0.2) is 0 Å². The number of hydrogen-bond acceptors (Lipinski definition) is 4. The topological polar surface area (TPSA) is 67.8 Å². The largest absolute Gasteiger partial charge is 0.497 e. The first kappa shape index (κ1) is 16.3. The van der Waals surface area contributed by atoms with Gasteiger partial charge in [-0.15, -0.1) is 0 Å². The van der Waals surface area contributed by atoms with E-state index in [1.54, 1.807) is 19.2 Å². The molecule has 0 saturated heterocycles. The Morgan fingerprint density at radius 3 is 2.55 bits per heavy atom. The minimum absolute atomic E-state index is 0.0386. The predicted octanol–water partition coefficient (Wildman–Crippen LogP) is 1.60. The van der Waals surface area contributed by atoms with Gasteiger partial charge in [-0.3, -0.25) is 4.79 Å². The van der Waals surface area contributed by atoms with Crippen LogP contribution in [-0.4, -0.2) is 37.9 Å². The van der Waals surface area contributed by atoms with Crippen LogP contribution in [0.1, 0.15) is 19.8 Å². The molecule has 0 aromatic heterocycles. The molecule has 0 fully saturated rings. The van der Waals surface area contributed by atoms with Crippen LogP contribution in [0, 0.1) is 5.92 Å². The maximum absolute atomic E-state index is 11.6. The van der Waals surface area contributed by atoms with Crippen molar-refractivity contribution in [3.05, 3.63) is 24.3 Å². The first-order valence-electron chi connectivity index (χ1n) is 6.80. The molecule has 0 aliphatic rings. The van der Waals surface area contributed by atoms with Crippen molar-refractivity contribution >= 4 is 5.91 Å². The van der Waals surface area contributed by atoms with Gasteiger partial charge >= 0.3 is 0 Å². The van der Waals surface area contributed by atoms with Crippen molar-refractivity contribution in [3.63, 3.8) is 0 Å². The standard InChI is InChI=1S/C15H23NO4/c1-12(7-9-17)11-16-15(18)8-10-20-14-5-3-13(19-2)4-6-14/h3-6,12,17H,7-11H2,1-2H3,(H,16,18). The van der Waals surface area contributed by atoms with E-state index in [1.807, 2.05) is 19.1 Å². The molecule has 20 heavy (non-hydrogen) atoms. The van der Waals surface area contributed by atoms with Gasteiger partial charge in [0.25, 0.3) is 0 Å². The lowest BCUT2D eigenvalue weighted by Gasteiger charge is -2.11. The van der Waals surface area contributed by atoms with Crippen LogP contribution in [-0.2, 0) is 4.79 Å². The number of benzene rings is 1. The molecule has 0 spiro atoms. The molecule has 5 nitrogen and oxygen atoms in total. The molecule has 0 aliphatic carbocycles. The second-order valence-electron chi connectivity index (χ2n) is 4.70. The van der Waals surface area contributed by atoms with Crippen LogP contribution in [0.3, 0.4) is 0 Å². The fraction of sp³-hybridized carbons (Fsp3) is 0.533. The number of aliphatic hydroxyl groups excluding tert-OH is 1. The van der Waals surface area contributed by atoms with Crippen molar-refractivity contribution < 1.29 is 19.4 Å². The molecule has 1 atom stereocenters. The molecular weight excluding hydrogens is 258 g/mol. The molecule has 1 aromatic rings. The number of ether oxygens (including phenoxy) is 2. The number of carbonyl (C=O) groups is 1. The highest BCUT2D eigenvalue weighted by Gasteiger charge is 2.05. The predicted molar refractivity (Wildman–Crippen MR) is 77.0 cm³/mol. The Kier molecular flexibility index (Phi) is 7.50. The van der Waals surface area contributed by atoms with Crippen LogP contribution in [0.4, 0.5) is 0 Å². The van der Waals surface area contributed by atoms with Crippen LogP contribution in [0.2, 0.25) is 0 Å². The molecule has 1 unspecified atom stereocenters. The number of carbonyl (C=O) groups excluding carboxylic acids is 1. The molecule has 112 valence electrons. The number of methoxy groups -OCH3 is 1. The van der Waals surface area contributed by atoms with Crippen molar-refractivity contribution in [1.82, 2.24) is 5.32 Å². The average molecular weight is 281 g/mol. The van der Waals surface area contributed by atoms with Crippen molar-refractivity contribution in [2.24, 2.45) is 5.92 Å². The van der Waals surface area contributed by atoms with Crippen LogP contribution in [0.25, 0.3) is 0 Å². The monoisotopic (exact) mass is 281 g/mol. The molecule has 1 aromatic carbocycles. The third-order valence-corrected chi connectivity index (χ3v) is 2.93. The van der Waals surface area contributed by atoms with Crippen LogP contribution in [0.5, 0.6) is 11.5 Å². The third kappa shape index (κ3) is 6.43. The highest BCUT2D eigenvalue weighted by atomic mass is 16.5. The zero-order chi connectivity index (χ0) is 14.8. The van der Waals surface area contributed by atoms with E-state index in [2.05, 4.69) is 5.32 Å². The molecule has 0 bridgehead atoms. The lowest BCUT2D eigenvalue weighted by molar-refractivity contribution is -0.121. The second kappa shape index (κ2) is 9.20. The SMILES string of the molecule is COc1ccc(OCCC(=O)NCC(C)CCO)cc1. The Morgan fingerprint density at radius 2 is 1.95 bits per heavy atom. The van der Waals surface area contributed by atoms with Gasteiger partial charge in [0.2, 0.25) is 5.91 Å². The van der Waals surface area contributed by atoms with E-state index < -0.39 is 0 Å². The van der Waals surface area contributed by atoms with E-state index in [1.165, 1.54) is 0 Å². The third-order valence-electron chi connectivity index (χ3n) is 2.93. The van der Waals surface area contributed by atoms with E-state index in [9.17, 15) is 4.79 Å². The Balaban J connectivity index is 2.17. The van der Waals surface area contributed by atoms with Crippen molar-refractivity contribution in [2.75, 3.05) is 26.9 Å². The first-order valence-corrected chi connectivity index (χ1v) is 6.80. The molecule has 1 rings (SSSR count). The summed E-state index contributed by atoms with van der Waals surface area (Å²) < 4.78 is 10.5. The van der Waals surface area contributed by atoms with Gasteiger partial charge in [-0.1, -0.05) is 6.92 Å². The molecule has 2 N–H and O–H groups in total. The summed E-state index contributed by atoms with van der Waals surface area (Å²) in [6, 6.07) is 7.23. The van der Waals surface area contributed by atoms with Gasteiger partial charge in [0.05, 0.1) is 20.1 Å². The normalized spacial score (nSPS) is 11.8. The number of rotatable bonds is 9. The summed E-state index contributed by atoms with van der Waals surface area (Å²) in [7, 11) is 1.61. The first-order chi connectivity index (χ1) is 9.65. The van der Waals surface area contributed by atoms with Crippen LogP contribution < -0.4 is 14.8 Å². The number of aliphatic hydroxyl groups is 1. The van der Waals surface area contributed by atoms with Crippen LogP contribution >= 0.6 is 0 Å². The molecule has 0 aliphatic heterocycles. The quantitative estimate of drug-likeness (QED) is 0.721. The zero-order valence-corrected chi connectivity index (χ0v) is 12.1.